The zero-order valence-corrected chi connectivity index (χ0v) is 56.3. The summed E-state index contributed by atoms with van der Waals surface area (Å²) in [6.45, 7) is 37.1. The zero-order chi connectivity index (χ0) is 64.6. The van der Waals surface area contributed by atoms with E-state index in [-0.39, 0.29) is 62.1 Å². The minimum absolute atomic E-state index is 0.0577. The lowest BCUT2D eigenvalue weighted by Gasteiger charge is -2.37. The molecule has 13 heteroatoms. The van der Waals surface area contributed by atoms with Crippen LogP contribution in [0.2, 0.25) is 0 Å². The molecule has 2 heterocycles. The smallest absolute Gasteiger partial charge is 0.333 e. The number of ether oxygens (including phenoxy) is 4. The predicted octanol–water partition coefficient (Wildman–Crippen LogP) is 17.9. The van der Waals surface area contributed by atoms with Crippen molar-refractivity contribution >= 4 is 8.53 Å². The number of hydrogen-bond donors (Lipinski definition) is 0. The van der Waals surface area contributed by atoms with Crippen LogP contribution in [0, 0.1) is 30.1 Å². The molecular weight excluding hydrogens is 1130 g/mol. The fraction of sp³-hybridized carbons (Fsp3) is 0.487. The Morgan fingerprint density at radius 1 is 0.685 bits per heavy atom. The molecular formula is C76H101N4O8P. The summed E-state index contributed by atoms with van der Waals surface area (Å²) in [6, 6.07) is 33.4. The molecule has 0 aliphatic carbocycles. The maximum Gasteiger partial charge on any atom is 0.333 e. The van der Waals surface area contributed by atoms with Gasteiger partial charge in [-0.3, -0.25) is 13.9 Å². The van der Waals surface area contributed by atoms with Gasteiger partial charge in [-0.2, -0.15) is 5.26 Å². The van der Waals surface area contributed by atoms with E-state index in [1.165, 1.54) is 43.5 Å². The lowest BCUT2D eigenvalue weighted by Crippen LogP contribution is -2.42. The summed E-state index contributed by atoms with van der Waals surface area (Å²) in [5.41, 5.74) is 12.3. The molecule has 5 aromatic rings. The maximum absolute atomic E-state index is 14.6. The van der Waals surface area contributed by atoms with Crippen LogP contribution >= 0.6 is 8.53 Å². The number of benzene rings is 4. The van der Waals surface area contributed by atoms with Crippen LogP contribution < -0.4 is 20.7 Å². The highest BCUT2D eigenvalue weighted by atomic mass is 31.2. The molecule has 0 spiro atoms. The van der Waals surface area contributed by atoms with E-state index < -0.39 is 38.8 Å². The molecule has 12 nitrogen and oxygen atoms in total. The number of nitrogens with zero attached hydrogens (tertiary/aromatic N) is 4. The molecule has 1 saturated heterocycles. The SMILES string of the molecule is C=C(CC)CC(CC(=C)CC)c1cc(C#Cc2ccc(CCCCCCn3c(=O)c(C)cn([C@H]4C[C@H](OP(OCCC#N)N(C(C)C)C(C)C)[C@@H](COC(c5ccc(OC)cc5)c5ccc(OC)cc5)O4)c3=O)cc2)cc(C(CC(=C)CC)CC(=C)CC)c1. The van der Waals surface area contributed by atoms with Crippen LogP contribution in [-0.2, 0) is 31.5 Å². The molecule has 0 N–H and O–H groups in total. The van der Waals surface area contributed by atoms with Crippen LogP contribution in [0.3, 0.4) is 0 Å². The van der Waals surface area contributed by atoms with Crippen molar-refractivity contribution in [3.63, 3.8) is 0 Å². The van der Waals surface area contributed by atoms with Crippen molar-refractivity contribution in [1.82, 2.24) is 13.8 Å². The first-order chi connectivity index (χ1) is 42.8. The average molecular weight is 1230 g/mol. The molecule has 1 aromatic heterocycles. The minimum Gasteiger partial charge on any atom is -0.497 e. The molecule has 1 unspecified atom stereocenters. The average Bonchev–Trinajstić information content (AvgIpc) is 2.15. The number of rotatable bonds is 37. The number of methoxy groups -OCH3 is 2. The summed E-state index contributed by atoms with van der Waals surface area (Å²) in [4.78, 5) is 28.4. The first-order valence-electron chi connectivity index (χ1n) is 32.4. The van der Waals surface area contributed by atoms with Gasteiger partial charge in [0.25, 0.3) is 14.1 Å². The Kier molecular flexibility index (Phi) is 29.2. The Bertz CT molecular complexity index is 3180. The maximum atomic E-state index is 14.6. The van der Waals surface area contributed by atoms with Crippen molar-refractivity contribution in [1.29, 1.82) is 5.26 Å². The number of hydrogen-bond acceptors (Lipinski definition) is 10. The van der Waals surface area contributed by atoms with Gasteiger partial charge in [0.05, 0.1) is 46.0 Å². The lowest BCUT2D eigenvalue weighted by molar-refractivity contribution is -0.0732. The second kappa shape index (κ2) is 36.3. The van der Waals surface area contributed by atoms with Gasteiger partial charge in [0.15, 0.2) is 0 Å². The number of unbranched alkanes of at least 4 members (excludes halogenated alkanes) is 3. The van der Waals surface area contributed by atoms with Crippen molar-refractivity contribution in [2.24, 2.45) is 0 Å². The van der Waals surface area contributed by atoms with Crippen LogP contribution in [0.4, 0.5) is 0 Å². The standard InChI is InChI=1S/C76H101N4O8P/c1-16-55(9)43-65(44-56(10)17-2)67-47-62(48-68(49-67)66(45-57(11)18-3)46-58(12)19-4)31-30-61-28-26-60(27-29-61)25-22-20-21-23-41-78-75(81)59(13)51-79(76(78)82)73-50-71(88-89(86-42-24-40-77)80(53(5)6)54(7)8)72(87-73)52-85-74(63-32-36-69(83-14)37-33-63)64-34-38-70(84-15)39-35-64/h26-29,32-39,47-49,51,53-54,65-66,71-74H,9-12,16-25,41-46,50,52H2,1-8,13-15H3/t71-,72+,73+,89?/m0/s1. The Labute approximate surface area is 534 Å². The number of nitriles is 1. The molecule has 1 aliphatic heterocycles. The summed E-state index contributed by atoms with van der Waals surface area (Å²) >= 11 is 0. The Morgan fingerprint density at radius 2 is 1.19 bits per heavy atom. The van der Waals surface area contributed by atoms with Crippen molar-refractivity contribution in [3.05, 3.63) is 211 Å². The number of allylic oxidation sites excluding steroid dienone is 4. The van der Waals surface area contributed by atoms with Gasteiger partial charge in [-0.05, 0) is 193 Å². The molecule has 4 aromatic carbocycles. The van der Waals surface area contributed by atoms with E-state index in [0.29, 0.717) is 12.0 Å². The molecule has 1 aliphatic rings. The van der Waals surface area contributed by atoms with Gasteiger partial charge in [-0.1, -0.05) is 143 Å². The van der Waals surface area contributed by atoms with E-state index >= 15 is 0 Å². The topological polar surface area (TPSA) is 126 Å². The predicted molar refractivity (Wildman–Crippen MR) is 365 cm³/mol. The monoisotopic (exact) mass is 1230 g/mol. The van der Waals surface area contributed by atoms with Gasteiger partial charge in [0.1, 0.15) is 29.9 Å². The summed E-state index contributed by atoms with van der Waals surface area (Å²) in [5.74, 6) is 9.08. The Morgan fingerprint density at radius 3 is 1.67 bits per heavy atom. The molecule has 6 rings (SSSR count). The first kappa shape index (κ1) is 71.5. The highest BCUT2D eigenvalue weighted by molar-refractivity contribution is 7.44. The van der Waals surface area contributed by atoms with E-state index in [1.54, 1.807) is 31.9 Å². The third kappa shape index (κ3) is 21.3. The number of aromatic nitrogens is 2. The van der Waals surface area contributed by atoms with Crippen molar-refractivity contribution in [2.45, 2.75) is 214 Å². The molecule has 1 fully saturated rings. The second-order valence-corrected chi connectivity index (χ2v) is 25.8. The number of aryl methyl sites for hydroxylation is 2. The van der Waals surface area contributed by atoms with Crippen molar-refractivity contribution in [2.75, 3.05) is 27.4 Å². The fourth-order valence-electron chi connectivity index (χ4n) is 11.5. The third-order valence-corrected chi connectivity index (χ3v) is 19.1. The first-order valence-corrected chi connectivity index (χ1v) is 33.5. The van der Waals surface area contributed by atoms with E-state index in [1.807, 2.05) is 48.5 Å². The van der Waals surface area contributed by atoms with E-state index in [9.17, 15) is 14.9 Å². The summed E-state index contributed by atoms with van der Waals surface area (Å²) in [5, 5.41) is 9.47. The minimum atomic E-state index is -1.68. The normalized spacial score (nSPS) is 15.2. The van der Waals surface area contributed by atoms with Gasteiger partial charge in [0.2, 0.25) is 0 Å². The third-order valence-electron chi connectivity index (χ3n) is 17.0. The van der Waals surface area contributed by atoms with Crippen LogP contribution in [0.25, 0.3) is 0 Å². The van der Waals surface area contributed by atoms with Crippen LogP contribution in [-0.4, -0.2) is 65.5 Å². The summed E-state index contributed by atoms with van der Waals surface area (Å²) in [6.07, 6.45) is 11.4. The Balaban J connectivity index is 1.16. The van der Waals surface area contributed by atoms with E-state index in [2.05, 4.69) is 147 Å². The summed E-state index contributed by atoms with van der Waals surface area (Å²) in [7, 11) is 1.59. The molecule has 478 valence electrons. The largest absolute Gasteiger partial charge is 0.497 e. The molecule has 0 radical (unpaired) electrons. The van der Waals surface area contributed by atoms with Gasteiger partial charge in [-0.25, -0.2) is 9.46 Å². The quantitative estimate of drug-likeness (QED) is 0.0164. The highest BCUT2D eigenvalue weighted by Crippen LogP contribution is 2.50. The molecule has 0 amide bonds. The van der Waals surface area contributed by atoms with E-state index in [4.69, 9.17) is 28.0 Å². The van der Waals surface area contributed by atoms with Crippen molar-refractivity contribution < 1.29 is 28.0 Å². The lowest BCUT2D eigenvalue weighted by atomic mass is 9.80. The van der Waals surface area contributed by atoms with Gasteiger partial charge in [0, 0.05) is 47.9 Å². The summed E-state index contributed by atoms with van der Waals surface area (Å²) < 4.78 is 43.1. The van der Waals surface area contributed by atoms with Crippen LogP contribution in [0.15, 0.2) is 155 Å². The fourth-order valence-corrected chi connectivity index (χ4v) is 13.3. The molecule has 0 bridgehead atoms. The van der Waals surface area contributed by atoms with Gasteiger partial charge >= 0.3 is 5.69 Å². The van der Waals surface area contributed by atoms with Crippen LogP contribution in [0.1, 0.15) is 214 Å². The Hall–Kier alpha value is -6.60. The van der Waals surface area contributed by atoms with Crippen molar-refractivity contribution in [3.8, 4) is 29.4 Å². The second-order valence-electron chi connectivity index (χ2n) is 24.4. The molecule has 4 atom stereocenters. The highest BCUT2D eigenvalue weighted by Gasteiger charge is 2.42. The molecule has 0 saturated carbocycles. The van der Waals surface area contributed by atoms with E-state index in [0.717, 1.165) is 111 Å². The zero-order valence-electron chi connectivity index (χ0n) is 55.4. The van der Waals surface area contributed by atoms with Crippen LogP contribution in [0.5, 0.6) is 11.5 Å². The molecule has 89 heavy (non-hydrogen) atoms. The van der Waals surface area contributed by atoms with Gasteiger partial charge < -0.3 is 28.0 Å². The van der Waals surface area contributed by atoms with Gasteiger partial charge in [-0.15, -0.1) is 0 Å².